The van der Waals surface area contributed by atoms with Crippen molar-refractivity contribution in [3.63, 3.8) is 0 Å². The molecular formula is C25H27FN4O3. The highest BCUT2D eigenvalue weighted by Crippen LogP contribution is 2.43. The molecule has 172 valence electrons. The first-order valence-corrected chi connectivity index (χ1v) is 11.4. The van der Waals surface area contributed by atoms with Crippen molar-refractivity contribution < 1.29 is 18.7 Å². The summed E-state index contributed by atoms with van der Waals surface area (Å²) in [5.41, 5.74) is 0.713. The number of amidine groups is 1. The monoisotopic (exact) mass is 450 g/mol. The van der Waals surface area contributed by atoms with Crippen LogP contribution in [-0.2, 0) is 11.3 Å². The van der Waals surface area contributed by atoms with Crippen LogP contribution in [-0.4, -0.2) is 59.0 Å². The summed E-state index contributed by atoms with van der Waals surface area (Å²) in [4.78, 5) is 35.8. The van der Waals surface area contributed by atoms with E-state index in [9.17, 15) is 14.0 Å². The Bertz CT molecular complexity index is 1090. The second-order valence-corrected chi connectivity index (χ2v) is 8.94. The lowest BCUT2D eigenvalue weighted by Crippen LogP contribution is -2.65. The molecule has 0 aliphatic carbocycles. The number of ether oxygens (including phenoxy) is 1. The highest BCUT2D eigenvalue weighted by Gasteiger charge is 2.56. The maximum atomic E-state index is 14.1. The second-order valence-electron chi connectivity index (χ2n) is 8.94. The molecule has 3 aliphatic heterocycles. The molecular weight excluding hydrogens is 423 g/mol. The van der Waals surface area contributed by atoms with Gasteiger partial charge in [0.05, 0.1) is 0 Å². The third kappa shape index (κ3) is 3.83. The molecule has 3 aliphatic rings. The van der Waals surface area contributed by atoms with Gasteiger partial charge >= 0.3 is 12.1 Å². The van der Waals surface area contributed by atoms with Crippen LogP contribution in [0, 0.1) is 5.82 Å². The predicted molar refractivity (Wildman–Crippen MR) is 123 cm³/mol. The molecule has 1 spiro atoms. The fourth-order valence-corrected chi connectivity index (χ4v) is 5.10. The Balaban J connectivity index is 1.38. The van der Waals surface area contributed by atoms with Crippen molar-refractivity contribution in [2.24, 2.45) is 4.99 Å². The lowest BCUT2D eigenvalue weighted by molar-refractivity contribution is 0.0627. The summed E-state index contributed by atoms with van der Waals surface area (Å²) >= 11 is 0. The van der Waals surface area contributed by atoms with E-state index in [2.05, 4.69) is 9.89 Å². The Labute approximate surface area is 192 Å². The van der Waals surface area contributed by atoms with Gasteiger partial charge < -0.3 is 14.5 Å². The van der Waals surface area contributed by atoms with E-state index in [0.717, 1.165) is 30.9 Å². The maximum Gasteiger partial charge on any atom is 0.410 e. The number of piperidine rings is 1. The quantitative estimate of drug-likeness (QED) is 0.694. The highest BCUT2D eigenvalue weighted by molar-refractivity contribution is 6.16. The molecule has 33 heavy (non-hydrogen) atoms. The Morgan fingerprint density at radius 1 is 1.15 bits per heavy atom. The molecule has 0 saturated carbocycles. The molecule has 0 aromatic heterocycles. The molecule has 2 atom stereocenters. The molecule has 0 N–H and O–H groups in total. The van der Waals surface area contributed by atoms with Crippen LogP contribution in [0.3, 0.4) is 0 Å². The Hall–Kier alpha value is -3.42. The molecule has 0 bridgehead atoms. The Kier molecular flexibility index (Phi) is 5.52. The molecule has 2 aromatic carbocycles. The minimum Gasteiger partial charge on any atom is -0.445 e. The van der Waals surface area contributed by atoms with Gasteiger partial charge in [-0.25, -0.2) is 14.0 Å². The summed E-state index contributed by atoms with van der Waals surface area (Å²) in [5.74, 6) is 0.343. The van der Waals surface area contributed by atoms with Crippen molar-refractivity contribution in [3.05, 3.63) is 66.0 Å². The van der Waals surface area contributed by atoms with E-state index in [-0.39, 0.29) is 24.8 Å². The third-order valence-electron chi connectivity index (χ3n) is 6.83. The first-order chi connectivity index (χ1) is 16.0. The van der Waals surface area contributed by atoms with Gasteiger partial charge in [-0.3, -0.25) is 4.90 Å². The molecule has 7 nitrogen and oxygen atoms in total. The van der Waals surface area contributed by atoms with Crippen molar-refractivity contribution in [2.45, 2.75) is 44.4 Å². The first-order valence-electron chi connectivity index (χ1n) is 11.4. The Morgan fingerprint density at radius 2 is 1.94 bits per heavy atom. The van der Waals surface area contributed by atoms with Crippen LogP contribution in [0.1, 0.15) is 31.7 Å². The standard InChI is InChI=1S/C25H27FN4O3/c1-18-16-25(11-14-29(18)24(32)33-17-19-7-3-2-4-8-19)22(28-12-6-13-28)27-23(31)30(25)21-10-5-9-20(26)15-21/h2-5,7-10,15,18H,6,11-14,16-17H2,1H3/t18-,25+/m0/s1. The molecule has 3 heterocycles. The van der Waals surface area contributed by atoms with E-state index >= 15 is 0 Å². The summed E-state index contributed by atoms with van der Waals surface area (Å²) in [6.07, 6.45) is 1.70. The van der Waals surface area contributed by atoms with Crippen LogP contribution in [0.25, 0.3) is 0 Å². The van der Waals surface area contributed by atoms with E-state index in [1.54, 1.807) is 21.9 Å². The van der Waals surface area contributed by atoms with Crippen molar-refractivity contribution in [2.75, 3.05) is 24.5 Å². The van der Waals surface area contributed by atoms with Gasteiger partial charge in [0, 0.05) is 31.4 Å². The number of carbonyl (C=O) groups excluding carboxylic acids is 2. The average molecular weight is 451 g/mol. The van der Waals surface area contributed by atoms with E-state index in [1.165, 1.54) is 12.1 Å². The number of benzene rings is 2. The predicted octanol–water partition coefficient (Wildman–Crippen LogP) is 4.43. The average Bonchev–Trinajstić information content (AvgIpc) is 3.02. The summed E-state index contributed by atoms with van der Waals surface area (Å²) in [6.45, 7) is 4.29. The first kappa shape index (κ1) is 21.4. The summed E-state index contributed by atoms with van der Waals surface area (Å²) in [5, 5.41) is 0. The van der Waals surface area contributed by atoms with Gasteiger partial charge in [0.1, 0.15) is 23.8 Å². The van der Waals surface area contributed by atoms with Crippen molar-refractivity contribution in [1.29, 1.82) is 0 Å². The highest BCUT2D eigenvalue weighted by atomic mass is 19.1. The number of amides is 3. The SMILES string of the molecule is C[C@H]1C[C@]2(CCN1C(=O)OCc1ccccc1)C(N1CCC1)=NC(=O)N2c1cccc(F)c1. The number of nitrogens with zero attached hydrogens (tertiary/aromatic N) is 4. The van der Waals surface area contributed by atoms with E-state index in [1.807, 2.05) is 37.3 Å². The fourth-order valence-electron chi connectivity index (χ4n) is 5.10. The van der Waals surface area contributed by atoms with Crippen molar-refractivity contribution >= 4 is 23.6 Å². The van der Waals surface area contributed by atoms with E-state index in [0.29, 0.717) is 25.1 Å². The molecule has 8 heteroatoms. The van der Waals surface area contributed by atoms with Gasteiger partial charge in [0.15, 0.2) is 0 Å². The number of halogens is 1. The smallest absolute Gasteiger partial charge is 0.410 e. The van der Waals surface area contributed by atoms with Crippen LogP contribution >= 0.6 is 0 Å². The van der Waals surface area contributed by atoms with Gasteiger partial charge in [0.2, 0.25) is 0 Å². The number of likely N-dealkylation sites (tertiary alicyclic amines) is 2. The Morgan fingerprint density at radius 3 is 2.61 bits per heavy atom. The normalized spacial score (nSPS) is 24.7. The number of anilines is 1. The van der Waals surface area contributed by atoms with Crippen LogP contribution < -0.4 is 4.90 Å². The maximum absolute atomic E-state index is 14.1. The number of hydrogen-bond donors (Lipinski definition) is 0. The summed E-state index contributed by atoms with van der Waals surface area (Å²) < 4.78 is 19.6. The van der Waals surface area contributed by atoms with Crippen LogP contribution in [0.15, 0.2) is 59.6 Å². The van der Waals surface area contributed by atoms with Gasteiger partial charge in [-0.15, -0.1) is 0 Å². The van der Waals surface area contributed by atoms with Gasteiger partial charge in [-0.05, 0) is 49.9 Å². The lowest BCUT2D eigenvalue weighted by Gasteiger charge is -2.50. The van der Waals surface area contributed by atoms with Crippen molar-refractivity contribution in [3.8, 4) is 0 Å². The van der Waals surface area contributed by atoms with Crippen LogP contribution in [0.2, 0.25) is 0 Å². The summed E-state index contributed by atoms with van der Waals surface area (Å²) in [6, 6.07) is 15.1. The number of hydrogen-bond acceptors (Lipinski definition) is 4. The lowest BCUT2D eigenvalue weighted by atomic mass is 9.80. The topological polar surface area (TPSA) is 65.5 Å². The minimum atomic E-state index is -0.707. The van der Waals surface area contributed by atoms with Crippen LogP contribution in [0.5, 0.6) is 0 Å². The van der Waals surface area contributed by atoms with Gasteiger partial charge in [-0.2, -0.15) is 4.99 Å². The molecule has 2 fully saturated rings. The van der Waals surface area contributed by atoms with E-state index < -0.39 is 11.4 Å². The number of rotatable bonds is 3. The molecule has 3 amide bonds. The van der Waals surface area contributed by atoms with E-state index in [4.69, 9.17) is 4.74 Å². The molecule has 2 saturated heterocycles. The van der Waals surface area contributed by atoms with Gasteiger partial charge in [-0.1, -0.05) is 36.4 Å². The molecule has 0 radical (unpaired) electrons. The zero-order chi connectivity index (χ0) is 23.0. The number of aliphatic imine (C=N–C) groups is 1. The van der Waals surface area contributed by atoms with Crippen LogP contribution in [0.4, 0.5) is 19.7 Å². The number of carbonyl (C=O) groups is 2. The fraction of sp³-hybridized carbons (Fsp3) is 0.400. The minimum absolute atomic E-state index is 0.185. The zero-order valence-corrected chi connectivity index (χ0v) is 18.6. The second kappa shape index (κ2) is 8.50. The molecule has 0 unspecified atom stereocenters. The third-order valence-corrected chi connectivity index (χ3v) is 6.83. The largest absolute Gasteiger partial charge is 0.445 e. The molecule has 2 aromatic rings. The zero-order valence-electron chi connectivity index (χ0n) is 18.6. The van der Waals surface area contributed by atoms with Gasteiger partial charge in [0.25, 0.3) is 0 Å². The summed E-state index contributed by atoms with van der Waals surface area (Å²) in [7, 11) is 0. The number of urea groups is 1. The molecule has 5 rings (SSSR count). The van der Waals surface area contributed by atoms with Crippen molar-refractivity contribution in [1.82, 2.24) is 9.80 Å².